The van der Waals surface area contributed by atoms with Gasteiger partial charge >= 0.3 is 5.97 Å². The number of carbonyl (C=O) groups excluding carboxylic acids is 2. The first-order chi connectivity index (χ1) is 17.0. The van der Waals surface area contributed by atoms with Gasteiger partial charge in [-0.25, -0.2) is 9.40 Å². The topological polar surface area (TPSA) is 80.7 Å². The first-order valence-electron chi connectivity index (χ1n) is 12.0. The van der Waals surface area contributed by atoms with E-state index in [1.165, 1.54) is 17.1 Å². The lowest BCUT2D eigenvalue weighted by Gasteiger charge is -2.34. The minimum atomic E-state index is -0.431. The zero-order chi connectivity index (χ0) is 24.4. The minimum absolute atomic E-state index is 0.0602. The van der Waals surface area contributed by atoms with Gasteiger partial charge in [0.15, 0.2) is 11.5 Å². The van der Waals surface area contributed by atoms with Crippen LogP contribution in [-0.2, 0) is 14.3 Å². The maximum atomic E-state index is 13.6. The molecule has 2 aromatic rings. The van der Waals surface area contributed by atoms with Crippen LogP contribution in [0.25, 0.3) is 0 Å². The van der Waals surface area contributed by atoms with Gasteiger partial charge in [-0.2, -0.15) is 5.10 Å². The van der Waals surface area contributed by atoms with Crippen LogP contribution in [0.3, 0.4) is 0 Å². The van der Waals surface area contributed by atoms with Gasteiger partial charge in [0, 0.05) is 6.42 Å². The predicted octanol–water partition coefficient (Wildman–Crippen LogP) is 3.65. The molecular weight excluding hydrogens is 453 g/mol. The Morgan fingerprint density at radius 1 is 1.11 bits per heavy atom. The predicted molar refractivity (Wildman–Crippen MR) is 126 cm³/mol. The summed E-state index contributed by atoms with van der Waals surface area (Å²) in [7, 11) is 0. The van der Waals surface area contributed by atoms with Gasteiger partial charge < -0.3 is 14.2 Å². The van der Waals surface area contributed by atoms with Crippen molar-refractivity contribution in [3.8, 4) is 11.5 Å². The van der Waals surface area contributed by atoms with Crippen molar-refractivity contribution in [2.45, 2.75) is 44.7 Å². The van der Waals surface area contributed by atoms with Crippen molar-refractivity contribution in [1.29, 1.82) is 0 Å². The number of likely N-dealkylation sites (tertiary alicyclic amines) is 1. The summed E-state index contributed by atoms with van der Waals surface area (Å²) in [5, 5.41) is 6.17. The van der Waals surface area contributed by atoms with E-state index in [1.54, 1.807) is 19.1 Å². The van der Waals surface area contributed by atoms with E-state index in [-0.39, 0.29) is 37.1 Å². The first-order valence-corrected chi connectivity index (χ1v) is 12.0. The Hall–Kier alpha value is -3.46. The second-order valence-corrected chi connectivity index (χ2v) is 8.86. The number of nitrogens with zero attached hydrogens (tertiary/aromatic N) is 3. The lowest BCUT2D eigenvalue weighted by molar-refractivity contribution is -0.152. The third-order valence-electron chi connectivity index (χ3n) is 6.64. The van der Waals surface area contributed by atoms with Crippen LogP contribution in [0, 0.1) is 5.82 Å². The van der Waals surface area contributed by atoms with Crippen LogP contribution < -0.4 is 9.47 Å². The van der Waals surface area contributed by atoms with Gasteiger partial charge in [-0.15, -0.1) is 0 Å². The van der Waals surface area contributed by atoms with E-state index in [2.05, 4.69) is 5.10 Å². The molecule has 0 saturated carbocycles. The highest BCUT2D eigenvalue weighted by molar-refractivity contribution is 6.03. The summed E-state index contributed by atoms with van der Waals surface area (Å²) in [6.45, 7) is 2.95. The van der Waals surface area contributed by atoms with Gasteiger partial charge in [-0.1, -0.05) is 24.6 Å². The van der Waals surface area contributed by atoms with E-state index in [0.29, 0.717) is 43.2 Å². The third kappa shape index (κ3) is 4.86. The van der Waals surface area contributed by atoms with Crippen molar-refractivity contribution in [2.75, 3.05) is 26.5 Å². The second-order valence-electron chi connectivity index (χ2n) is 8.86. The highest BCUT2D eigenvalue weighted by Crippen LogP contribution is 2.39. The monoisotopic (exact) mass is 481 g/mol. The molecule has 1 fully saturated rings. The molecule has 2 atom stereocenters. The minimum Gasteiger partial charge on any atom is -0.465 e. The molecule has 0 N–H and O–H groups in total. The fourth-order valence-electron chi connectivity index (χ4n) is 4.87. The molecule has 0 spiro atoms. The molecule has 184 valence electrons. The zero-order valence-corrected chi connectivity index (χ0v) is 19.6. The molecule has 2 aromatic carbocycles. The summed E-state index contributed by atoms with van der Waals surface area (Å²) in [4.78, 5) is 28.0. The molecule has 0 aliphatic carbocycles. The Labute approximate surface area is 203 Å². The van der Waals surface area contributed by atoms with E-state index in [1.807, 2.05) is 23.1 Å². The van der Waals surface area contributed by atoms with Crippen molar-refractivity contribution in [3.63, 3.8) is 0 Å². The lowest BCUT2D eigenvalue weighted by Crippen LogP contribution is -2.49. The van der Waals surface area contributed by atoms with Crippen molar-refractivity contribution in [3.05, 3.63) is 59.4 Å². The largest absolute Gasteiger partial charge is 0.465 e. The van der Waals surface area contributed by atoms with Crippen LogP contribution in [0.4, 0.5) is 4.39 Å². The Morgan fingerprint density at radius 2 is 1.91 bits per heavy atom. The number of piperidine rings is 1. The highest BCUT2D eigenvalue weighted by Gasteiger charge is 2.37. The summed E-state index contributed by atoms with van der Waals surface area (Å²) < 4.78 is 29.7. The molecule has 35 heavy (non-hydrogen) atoms. The molecule has 5 rings (SSSR count). The number of ether oxygens (including phenoxy) is 3. The van der Waals surface area contributed by atoms with Crippen molar-refractivity contribution in [1.82, 2.24) is 9.91 Å². The van der Waals surface area contributed by atoms with Crippen LogP contribution in [-0.4, -0.2) is 60.0 Å². The standard InChI is InChI=1S/C26H28FN3O5/c1-2-33-26(32)21-5-3-4-12-29(21)15-25(31)30-22(18-8-11-23-24(13-18)35-16-34-23)14-20(28-30)17-6-9-19(27)10-7-17/h6-11,13,21-22H,2-5,12,14-16H2,1H3/t21-,22-/m1/s1. The number of esters is 1. The molecule has 3 aliphatic heterocycles. The summed E-state index contributed by atoms with van der Waals surface area (Å²) >= 11 is 0. The SMILES string of the molecule is CCOC(=O)[C@H]1CCCCN1CC(=O)N1N=C(c2ccc(F)cc2)C[C@@H]1c1ccc2c(c1)OCO2. The van der Waals surface area contributed by atoms with Crippen molar-refractivity contribution >= 4 is 17.6 Å². The van der Waals surface area contributed by atoms with E-state index in [4.69, 9.17) is 14.2 Å². The normalized spacial score (nSPS) is 21.7. The first kappa shape index (κ1) is 23.3. The second kappa shape index (κ2) is 10.0. The van der Waals surface area contributed by atoms with Crippen LogP contribution in [0.2, 0.25) is 0 Å². The molecular formula is C26H28FN3O5. The highest BCUT2D eigenvalue weighted by atomic mass is 19.1. The number of hydrazone groups is 1. The van der Waals surface area contributed by atoms with Gasteiger partial charge in [0.25, 0.3) is 5.91 Å². The quantitative estimate of drug-likeness (QED) is 0.586. The number of hydrogen-bond donors (Lipinski definition) is 0. The Balaban J connectivity index is 1.42. The molecule has 0 radical (unpaired) electrons. The number of amides is 1. The van der Waals surface area contributed by atoms with Crippen LogP contribution in [0.15, 0.2) is 47.6 Å². The molecule has 1 saturated heterocycles. The Morgan fingerprint density at radius 3 is 2.71 bits per heavy atom. The Kier molecular flexibility index (Phi) is 6.68. The molecule has 0 bridgehead atoms. The van der Waals surface area contributed by atoms with E-state index < -0.39 is 6.04 Å². The Bertz CT molecular complexity index is 1140. The summed E-state index contributed by atoms with van der Waals surface area (Å²) in [6.07, 6.45) is 2.98. The summed E-state index contributed by atoms with van der Waals surface area (Å²) in [5.41, 5.74) is 2.32. The molecule has 0 aromatic heterocycles. The molecule has 3 aliphatic rings. The summed E-state index contributed by atoms with van der Waals surface area (Å²) in [6, 6.07) is 10.9. The number of fused-ring (bicyclic) bond motifs is 1. The van der Waals surface area contributed by atoms with Gasteiger partial charge in [0.2, 0.25) is 6.79 Å². The lowest BCUT2D eigenvalue weighted by atomic mass is 9.98. The molecule has 1 amide bonds. The fraction of sp³-hybridized carbons (Fsp3) is 0.423. The van der Waals surface area contributed by atoms with Crippen LogP contribution in [0.5, 0.6) is 11.5 Å². The molecule has 8 nitrogen and oxygen atoms in total. The molecule has 3 heterocycles. The fourth-order valence-corrected chi connectivity index (χ4v) is 4.87. The summed E-state index contributed by atoms with van der Waals surface area (Å²) in [5.74, 6) is 0.464. The number of benzene rings is 2. The smallest absolute Gasteiger partial charge is 0.323 e. The number of rotatable bonds is 6. The molecule has 0 unspecified atom stereocenters. The van der Waals surface area contributed by atoms with Crippen molar-refractivity contribution < 1.29 is 28.2 Å². The third-order valence-corrected chi connectivity index (χ3v) is 6.64. The maximum absolute atomic E-state index is 13.6. The van der Waals surface area contributed by atoms with Crippen LogP contribution in [0.1, 0.15) is 49.8 Å². The van der Waals surface area contributed by atoms with E-state index in [0.717, 1.165) is 24.0 Å². The van der Waals surface area contributed by atoms with Gasteiger partial charge in [0.1, 0.15) is 11.9 Å². The van der Waals surface area contributed by atoms with Gasteiger partial charge in [0.05, 0.1) is 24.9 Å². The number of carbonyl (C=O) groups is 2. The number of halogens is 1. The van der Waals surface area contributed by atoms with Gasteiger partial charge in [-0.3, -0.25) is 14.5 Å². The van der Waals surface area contributed by atoms with E-state index in [9.17, 15) is 14.0 Å². The van der Waals surface area contributed by atoms with Gasteiger partial charge in [-0.05, 0) is 61.7 Å². The molecule has 9 heteroatoms. The number of hydrogen-bond acceptors (Lipinski definition) is 7. The zero-order valence-electron chi connectivity index (χ0n) is 19.6. The van der Waals surface area contributed by atoms with Crippen molar-refractivity contribution in [2.24, 2.45) is 5.10 Å². The average Bonchev–Trinajstić information content (AvgIpc) is 3.52. The average molecular weight is 482 g/mol. The maximum Gasteiger partial charge on any atom is 0.323 e. The van der Waals surface area contributed by atoms with Crippen LogP contribution >= 0.6 is 0 Å². The van der Waals surface area contributed by atoms with E-state index >= 15 is 0 Å².